The summed E-state index contributed by atoms with van der Waals surface area (Å²) >= 11 is 0. The van der Waals surface area contributed by atoms with E-state index in [0.717, 1.165) is 22.8 Å². The molecule has 2 aromatic rings. The summed E-state index contributed by atoms with van der Waals surface area (Å²) in [6.07, 6.45) is -1.07. The zero-order valence-corrected chi connectivity index (χ0v) is 14.7. The van der Waals surface area contributed by atoms with E-state index < -0.39 is 12.1 Å². The second kappa shape index (κ2) is 7.85. The minimum atomic E-state index is -1.12. The molecule has 2 N–H and O–H groups in total. The van der Waals surface area contributed by atoms with Crippen LogP contribution in [0.3, 0.4) is 0 Å². The van der Waals surface area contributed by atoms with Crippen LogP contribution in [0, 0.1) is 13.8 Å². The third-order valence-corrected chi connectivity index (χ3v) is 4.01. The van der Waals surface area contributed by atoms with Gasteiger partial charge in [0.1, 0.15) is 5.75 Å². The third kappa shape index (κ3) is 4.00. The van der Waals surface area contributed by atoms with E-state index in [0.29, 0.717) is 5.56 Å². The summed E-state index contributed by atoms with van der Waals surface area (Å²) in [5.74, 6) is -0.703. The van der Waals surface area contributed by atoms with Crippen LogP contribution < -0.4 is 10.1 Å². The monoisotopic (exact) mass is 346 g/mol. The van der Waals surface area contributed by atoms with Crippen molar-refractivity contribution in [3.8, 4) is 11.4 Å². The Bertz CT molecular complexity index is 765. The molecule has 0 aliphatic heterocycles. The fraction of sp³-hybridized carbons (Fsp3) is 0.333. The van der Waals surface area contributed by atoms with Gasteiger partial charge in [0.2, 0.25) is 0 Å². The Balaban J connectivity index is 2.23. The molecule has 1 aromatic heterocycles. The Hall–Kier alpha value is -2.80. The predicted molar refractivity (Wildman–Crippen MR) is 92.6 cm³/mol. The molecule has 2 rings (SSSR count). The lowest BCUT2D eigenvalue weighted by molar-refractivity contribution is -0.148. The maximum Gasteiger partial charge on any atom is 0.334 e. The zero-order chi connectivity index (χ0) is 18.6. The van der Waals surface area contributed by atoms with Crippen molar-refractivity contribution in [3.63, 3.8) is 0 Å². The van der Waals surface area contributed by atoms with E-state index in [-0.39, 0.29) is 12.5 Å². The Kier molecular flexibility index (Phi) is 5.82. The van der Waals surface area contributed by atoms with Crippen LogP contribution >= 0.6 is 0 Å². The van der Waals surface area contributed by atoms with Gasteiger partial charge in [-0.2, -0.15) is 0 Å². The maximum absolute atomic E-state index is 12.4. The van der Waals surface area contributed by atoms with Gasteiger partial charge < -0.3 is 24.5 Å². The molecular formula is C18H22N2O5. The Labute approximate surface area is 146 Å². The molecule has 1 atom stereocenters. The number of carbonyl (C=O) groups is 2. The van der Waals surface area contributed by atoms with Gasteiger partial charge >= 0.3 is 5.97 Å². The van der Waals surface area contributed by atoms with Crippen molar-refractivity contribution in [3.05, 3.63) is 47.3 Å². The summed E-state index contributed by atoms with van der Waals surface area (Å²) in [6.45, 7) is 3.65. The molecule has 0 bridgehead atoms. The van der Waals surface area contributed by atoms with Crippen LogP contribution in [0.2, 0.25) is 0 Å². The highest BCUT2D eigenvalue weighted by Crippen LogP contribution is 2.22. The molecule has 1 amide bonds. The number of hydrogen-bond acceptors (Lipinski definition) is 4. The smallest absolute Gasteiger partial charge is 0.334 e. The van der Waals surface area contributed by atoms with Gasteiger partial charge in [0.05, 0.1) is 19.2 Å². The standard InChI is InChI=1S/C18H22N2O5/c1-11-9-15(17(21)19-10-16(25-4)18(22)23)12(2)20(11)13-5-7-14(24-3)8-6-13/h5-9,16H,10H2,1-4H3,(H,19,21)(H,22,23). The number of nitrogens with zero attached hydrogens (tertiary/aromatic N) is 1. The van der Waals surface area contributed by atoms with E-state index in [1.54, 1.807) is 13.2 Å². The number of rotatable bonds is 7. The summed E-state index contributed by atoms with van der Waals surface area (Å²) in [6, 6.07) is 9.29. The number of ether oxygens (including phenoxy) is 2. The van der Waals surface area contributed by atoms with Crippen LogP contribution in [-0.4, -0.2) is 48.4 Å². The van der Waals surface area contributed by atoms with Crippen LogP contribution in [0.15, 0.2) is 30.3 Å². The van der Waals surface area contributed by atoms with Crippen molar-refractivity contribution >= 4 is 11.9 Å². The number of carbonyl (C=O) groups excluding carboxylic acids is 1. The van der Waals surface area contributed by atoms with Crippen LogP contribution in [0.5, 0.6) is 5.75 Å². The summed E-state index contributed by atoms with van der Waals surface area (Å²) in [5, 5.41) is 11.6. The van der Waals surface area contributed by atoms with Gasteiger partial charge in [0, 0.05) is 24.2 Å². The Morgan fingerprint density at radius 3 is 2.36 bits per heavy atom. The summed E-state index contributed by atoms with van der Waals surface area (Å²) in [5.41, 5.74) is 3.07. The van der Waals surface area contributed by atoms with Crippen LogP contribution in [-0.2, 0) is 9.53 Å². The van der Waals surface area contributed by atoms with E-state index in [1.165, 1.54) is 7.11 Å². The molecule has 0 radical (unpaired) electrons. The molecule has 7 heteroatoms. The molecule has 1 heterocycles. The number of aliphatic carboxylic acids is 1. The number of aromatic nitrogens is 1. The summed E-state index contributed by atoms with van der Waals surface area (Å²) in [7, 11) is 2.90. The van der Waals surface area contributed by atoms with Crippen molar-refractivity contribution in [2.75, 3.05) is 20.8 Å². The van der Waals surface area contributed by atoms with Gasteiger partial charge in [-0.3, -0.25) is 4.79 Å². The lowest BCUT2D eigenvalue weighted by Gasteiger charge is -2.12. The molecule has 0 fully saturated rings. The SMILES string of the molecule is COc1ccc(-n2c(C)cc(C(=O)NCC(OC)C(=O)O)c2C)cc1. The Morgan fingerprint density at radius 1 is 1.20 bits per heavy atom. The molecule has 0 aliphatic carbocycles. The average molecular weight is 346 g/mol. The Morgan fingerprint density at radius 2 is 1.84 bits per heavy atom. The van der Waals surface area contributed by atoms with Gasteiger partial charge in [0.15, 0.2) is 6.10 Å². The number of nitrogens with one attached hydrogen (secondary N) is 1. The first kappa shape index (κ1) is 18.5. The molecule has 0 aliphatic rings. The first-order valence-corrected chi connectivity index (χ1v) is 7.76. The molecule has 1 unspecified atom stereocenters. The van der Waals surface area contributed by atoms with Crippen LogP contribution in [0.1, 0.15) is 21.7 Å². The lowest BCUT2D eigenvalue weighted by atomic mass is 10.2. The molecule has 25 heavy (non-hydrogen) atoms. The third-order valence-electron chi connectivity index (χ3n) is 4.01. The van der Waals surface area contributed by atoms with Crippen molar-refractivity contribution in [1.29, 1.82) is 0 Å². The molecule has 0 saturated carbocycles. The second-order valence-corrected chi connectivity index (χ2v) is 5.59. The van der Waals surface area contributed by atoms with Crippen molar-refractivity contribution < 1.29 is 24.2 Å². The normalized spacial score (nSPS) is 11.8. The van der Waals surface area contributed by atoms with E-state index in [9.17, 15) is 9.59 Å². The first-order valence-electron chi connectivity index (χ1n) is 7.76. The number of carboxylic acids is 1. The van der Waals surface area contributed by atoms with E-state index >= 15 is 0 Å². The minimum Gasteiger partial charge on any atom is -0.497 e. The van der Waals surface area contributed by atoms with E-state index in [2.05, 4.69) is 5.32 Å². The minimum absolute atomic E-state index is 0.100. The zero-order valence-electron chi connectivity index (χ0n) is 14.7. The van der Waals surface area contributed by atoms with E-state index in [1.807, 2.05) is 42.7 Å². The topological polar surface area (TPSA) is 89.8 Å². The predicted octanol–water partition coefficient (Wildman–Crippen LogP) is 1.93. The highest BCUT2D eigenvalue weighted by atomic mass is 16.5. The van der Waals surface area contributed by atoms with Gasteiger partial charge in [-0.15, -0.1) is 0 Å². The second-order valence-electron chi connectivity index (χ2n) is 5.59. The number of aryl methyl sites for hydroxylation is 1. The molecule has 0 saturated heterocycles. The highest BCUT2D eigenvalue weighted by molar-refractivity contribution is 5.96. The average Bonchev–Trinajstić information content (AvgIpc) is 2.89. The molecule has 1 aromatic carbocycles. The number of hydrogen-bond donors (Lipinski definition) is 2. The van der Waals surface area contributed by atoms with Gasteiger partial charge in [-0.1, -0.05) is 0 Å². The van der Waals surface area contributed by atoms with E-state index in [4.69, 9.17) is 14.6 Å². The number of methoxy groups -OCH3 is 2. The molecule has 0 spiro atoms. The summed E-state index contributed by atoms with van der Waals surface area (Å²) < 4.78 is 11.9. The quantitative estimate of drug-likeness (QED) is 0.800. The van der Waals surface area contributed by atoms with Crippen molar-refractivity contribution in [1.82, 2.24) is 9.88 Å². The van der Waals surface area contributed by atoms with Crippen molar-refractivity contribution in [2.24, 2.45) is 0 Å². The highest BCUT2D eigenvalue weighted by Gasteiger charge is 2.20. The van der Waals surface area contributed by atoms with Crippen LogP contribution in [0.4, 0.5) is 0 Å². The fourth-order valence-electron chi connectivity index (χ4n) is 2.67. The molecule has 134 valence electrons. The van der Waals surface area contributed by atoms with Crippen molar-refractivity contribution in [2.45, 2.75) is 20.0 Å². The summed E-state index contributed by atoms with van der Waals surface area (Å²) in [4.78, 5) is 23.4. The van der Waals surface area contributed by atoms with Gasteiger partial charge in [-0.05, 0) is 44.2 Å². The fourth-order valence-corrected chi connectivity index (χ4v) is 2.67. The molecule has 7 nitrogen and oxygen atoms in total. The number of amides is 1. The number of carboxylic acid groups (broad SMARTS) is 1. The maximum atomic E-state index is 12.4. The number of benzene rings is 1. The first-order chi connectivity index (χ1) is 11.9. The lowest BCUT2D eigenvalue weighted by Crippen LogP contribution is -2.37. The van der Waals surface area contributed by atoms with Gasteiger partial charge in [0.25, 0.3) is 5.91 Å². The molecular weight excluding hydrogens is 324 g/mol. The largest absolute Gasteiger partial charge is 0.497 e. The van der Waals surface area contributed by atoms with Gasteiger partial charge in [-0.25, -0.2) is 4.79 Å². The van der Waals surface area contributed by atoms with Crippen LogP contribution in [0.25, 0.3) is 5.69 Å².